The van der Waals surface area contributed by atoms with Gasteiger partial charge >= 0.3 is 0 Å². The van der Waals surface area contributed by atoms with Crippen LogP contribution in [0.4, 0.5) is 0 Å². The van der Waals surface area contributed by atoms with Crippen molar-refractivity contribution in [3.63, 3.8) is 0 Å². The van der Waals surface area contributed by atoms with E-state index in [1.54, 1.807) is 0 Å². The van der Waals surface area contributed by atoms with Gasteiger partial charge in [-0.1, -0.05) is 18.2 Å². The van der Waals surface area contributed by atoms with Crippen molar-refractivity contribution < 1.29 is 4.74 Å². The van der Waals surface area contributed by atoms with Crippen molar-refractivity contribution >= 4 is 11.8 Å². The Morgan fingerprint density at radius 2 is 2.15 bits per heavy atom. The molecule has 70 valence electrons. The van der Waals surface area contributed by atoms with E-state index in [1.165, 1.54) is 10.5 Å². The molecule has 1 saturated heterocycles. The Kier molecular flexibility index (Phi) is 2.88. The Bertz CT molecular complexity index is 286. The van der Waals surface area contributed by atoms with Gasteiger partial charge in [-0.3, -0.25) is 0 Å². The molecule has 0 unspecified atom stereocenters. The smallest absolute Gasteiger partial charge is 0.0611 e. The molecule has 0 aromatic heterocycles. The second-order valence-electron chi connectivity index (χ2n) is 3.09. The summed E-state index contributed by atoms with van der Waals surface area (Å²) in [6, 6.07) is 8.30. The van der Waals surface area contributed by atoms with Crippen molar-refractivity contribution in [3.05, 3.63) is 29.8 Å². The van der Waals surface area contributed by atoms with Gasteiger partial charge in [-0.2, -0.15) is 0 Å². The molecule has 0 saturated carbocycles. The molecule has 0 aliphatic carbocycles. The fourth-order valence-electron chi connectivity index (χ4n) is 1.25. The van der Waals surface area contributed by atoms with Gasteiger partial charge in [0, 0.05) is 11.4 Å². The quantitative estimate of drug-likeness (QED) is 0.796. The maximum Gasteiger partial charge on any atom is 0.0611 e. The zero-order valence-electron chi connectivity index (χ0n) is 7.40. The summed E-state index contributed by atoms with van der Waals surface area (Å²) in [6.07, 6.45) is 0. The lowest BCUT2D eigenvalue weighted by Crippen LogP contribution is -2.30. The van der Waals surface area contributed by atoms with Gasteiger partial charge in [-0.25, -0.2) is 0 Å². The number of ether oxygens (including phenoxy) is 1. The predicted octanol–water partition coefficient (Wildman–Crippen LogP) is 1.64. The molecule has 0 bridgehead atoms. The van der Waals surface area contributed by atoms with Gasteiger partial charge in [0.15, 0.2) is 0 Å². The van der Waals surface area contributed by atoms with Crippen LogP contribution in [0.2, 0.25) is 0 Å². The van der Waals surface area contributed by atoms with Crippen LogP contribution in [0.15, 0.2) is 29.2 Å². The molecule has 1 aliphatic heterocycles. The minimum atomic E-state index is 0.622. The van der Waals surface area contributed by atoms with E-state index in [0.717, 1.165) is 13.2 Å². The van der Waals surface area contributed by atoms with Crippen molar-refractivity contribution in [2.45, 2.75) is 16.7 Å². The Labute approximate surface area is 82.5 Å². The van der Waals surface area contributed by atoms with Crippen LogP contribution in [0.5, 0.6) is 0 Å². The molecule has 2 N–H and O–H groups in total. The minimum absolute atomic E-state index is 0.622. The maximum absolute atomic E-state index is 5.64. The zero-order chi connectivity index (χ0) is 9.10. The van der Waals surface area contributed by atoms with E-state index in [0.29, 0.717) is 11.8 Å². The molecule has 1 aromatic rings. The normalized spacial score (nSPS) is 17.0. The Morgan fingerprint density at radius 3 is 2.77 bits per heavy atom. The van der Waals surface area contributed by atoms with Gasteiger partial charge in [0.1, 0.15) is 0 Å². The summed E-state index contributed by atoms with van der Waals surface area (Å²) in [5, 5.41) is 0.632. The van der Waals surface area contributed by atoms with Crippen molar-refractivity contribution in [1.29, 1.82) is 0 Å². The predicted molar refractivity (Wildman–Crippen MR) is 54.8 cm³/mol. The van der Waals surface area contributed by atoms with E-state index in [-0.39, 0.29) is 0 Å². The van der Waals surface area contributed by atoms with Crippen molar-refractivity contribution in [2.24, 2.45) is 5.73 Å². The van der Waals surface area contributed by atoms with Crippen molar-refractivity contribution in [3.8, 4) is 0 Å². The van der Waals surface area contributed by atoms with Gasteiger partial charge in [0.2, 0.25) is 0 Å². The molecule has 0 radical (unpaired) electrons. The molecule has 2 nitrogen and oxygen atoms in total. The summed E-state index contributed by atoms with van der Waals surface area (Å²) in [5.74, 6) is 0. The monoisotopic (exact) mass is 195 g/mol. The maximum atomic E-state index is 5.64. The van der Waals surface area contributed by atoms with Crippen LogP contribution in [-0.2, 0) is 11.3 Å². The number of hydrogen-bond donors (Lipinski definition) is 1. The lowest BCUT2D eigenvalue weighted by Gasteiger charge is -2.25. The third-order valence-electron chi connectivity index (χ3n) is 2.09. The highest BCUT2D eigenvalue weighted by Crippen LogP contribution is 2.30. The number of benzene rings is 1. The van der Waals surface area contributed by atoms with E-state index >= 15 is 0 Å². The molecule has 1 aliphatic rings. The van der Waals surface area contributed by atoms with E-state index in [1.807, 2.05) is 17.8 Å². The third kappa shape index (κ3) is 2.05. The van der Waals surface area contributed by atoms with Crippen molar-refractivity contribution in [2.75, 3.05) is 13.2 Å². The summed E-state index contributed by atoms with van der Waals surface area (Å²) in [6.45, 7) is 2.38. The summed E-state index contributed by atoms with van der Waals surface area (Å²) in [7, 11) is 0. The summed E-state index contributed by atoms with van der Waals surface area (Å²) >= 11 is 1.88. The first-order valence-corrected chi connectivity index (χ1v) is 5.30. The first-order valence-electron chi connectivity index (χ1n) is 4.42. The largest absolute Gasteiger partial charge is 0.379 e. The van der Waals surface area contributed by atoms with E-state index in [9.17, 15) is 0 Å². The van der Waals surface area contributed by atoms with Crippen molar-refractivity contribution in [1.82, 2.24) is 0 Å². The molecule has 0 amide bonds. The molecule has 2 rings (SSSR count). The standard InChI is InChI=1S/C10H13NOS/c11-5-8-3-1-2-4-10(8)13-9-6-12-7-9/h1-4,9H,5-7,11H2. The molecule has 13 heavy (non-hydrogen) atoms. The lowest BCUT2D eigenvalue weighted by atomic mass is 10.2. The van der Waals surface area contributed by atoms with Crippen LogP contribution in [0.3, 0.4) is 0 Å². The van der Waals surface area contributed by atoms with Gasteiger partial charge in [-0.15, -0.1) is 11.8 Å². The average molecular weight is 195 g/mol. The molecular weight excluding hydrogens is 182 g/mol. The lowest BCUT2D eigenvalue weighted by molar-refractivity contribution is 0.0455. The van der Waals surface area contributed by atoms with Crippen LogP contribution < -0.4 is 5.73 Å². The molecule has 1 heterocycles. The first kappa shape index (κ1) is 9.06. The van der Waals surface area contributed by atoms with Crippen LogP contribution in [0.25, 0.3) is 0 Å². The van der Waals surface area contributed by atoms with Gasteiger partial charge in [0.25, 0.3) is 0 Å². The number of thioether (sulfide) groups is 1. The molecule has 1 aromatic carbocycles. The summed E-state index contributed by atoms with van der Waals surface area (Å²) < 4.78 is 5.13. The highest BCUT2D eigenvalue weighted by molar-refractivity contribution is 8.00. The average Bonchev–Trinajstić information content (AvgIpc) is 2.12. The molecule has 1 fully saturated rings. The fourth-order valence-corrected chi connectivity index (χ4v) is 2.40. The van der Waals surface area contributed by atoms with Gasteiger partial charge < -0.3 is 10.5 Å². The second-order valence-corrected chi connectivity index (χ2v) is 4.43. The Hall–Kier alpha value is -0.510. The molecule has 0 atom stereocenters. The summed E-state index contributed by atoms with van der Waals surface area (Å²) in [5.41, 5.74) is 6.88. The van der Waals surface area contributed by atoms with Gasteiger partial charge in [0.05, 0.1) is 18.5 Å². The fraction of sp³-hybridized carbons (Fsp3) is 0.400. The number of nitrogens with two attached hydrogens (primary N) is 1. The van der Waals surface area contributed by atoms with E-state index in [2.05, 4.69) is 18.2 Å². The van der Waals surface area contributed by atoms with Crippen LogP contribution in [0.1, 0.15) is 5.56 Å². The van der Waals surface area contributed by atoms with Crippen LogP contribution >= 0.6 is 11.8 Å². The van der Waals surface area contributed by atoms with Crippen LogP contribution in [-0.4, -0.2) is 18.5 Å². The van der Waals surface area contributed by atoms with E-state index < -0.39 is 0 Å². The first-order chi connectivity index (χ1) is 6.40. The van der Waals surface area contributed by atoms with Gasteiger partial charge in [-0.05, 0) is 11.6 Å². The SMILES string of the molecule is NCc1ccccc1SC1COC1. The molecular formula is C10H13NOS. The van der Waals surface area contributed by atoms with Crippen LogP contribution in [0, 0.1) is 0 Å². The second kappa shape index (κ2) is 4.13. The third-order valence-corrected chi connectivity index (χ3v) is 3.35. The molecule has 0 spiro atoms. The summed E-state index contributed by atoms with van der Waals surface area (Å²) in [4.78, 5) is 1.30. The number of rotatable bonds is 3. The van der Waals surface area contributed by atoms with E-state index in [4.69, 9.17) is 10.5 Å². The number of hydrogen-bond acceptors (Lipinski definition) is 3. The zero-order valence-corrected chi connectivity index (χ0v) is 8.22. The highest BCUT2D eigenvalue weighted by Gasteiger charge is 2.20. The highest BCUT2D eigenvalue weighted by atomic mass is 32.2. The Morgan fingerprint density at radius 1 is 1.38 bits per heavy atom. The Balaban J connectivity index is 2.08. The topological polar surface area (TPSA) is 35.2 Å². The molecule has 3 heteroatoms. The minimum Gasteiger partial charge on any atom is -0.379 e.